The zero-order valence-electron chi connectivity index (χ0n) is 11.7. The normalized spacial score (nSPS) is 18.3. The van der Waals surface area contributed by atoms with E-state index in [1.165, 1.54) is 0 Å². The fraction of sp³-hybridized carbons (Fsp3) is 0.571. The van der Waals surface area contributed by atoms with Gasteiger partial charge in [-0.25, -0.2) is 0 Å². The summed E-state index contributed by atoms with van der Waals surface area (Å²) in [5.41, 5.74) is 1.76. The van der Waals surface area contributed by atoms with E-state index in [2.05, 4.69) is 10.2 Å². The van der Waals surface area contributed by atoms with Gasteiger partial charge in [-0.3, -0.25) is 10.1 Å². The third-order valence-electron chi connectivity index (χ3n) is 3.81. The van der Waals surface area contributed by atoms with Gasteiger partial charge < -0.3 is 15.3 Å². The molecule has 6 heteroatoms. The van der Waals surface area contributed by atoms with Crippen molar-refractivity contribution < 1.29 is 10.0 Å². The molecule has 2 rings (SSSR count). The number of benzene rings is 1. The van der Waals surface area contributed by atoms with E-state index in [1.54, 1.807) is 19.2 Å². The van der Waals surface area contributed by atoms with Gasteiger partial charge in [-0.05, 0) is 31.7 Å². The topological polar surface area (TPSA) is 78.6 Å². The van der Waals surface area contributed by atoms with Crippen molar-refractivity contribution in [3.8, 4) is 0 Å². The Morgan fingerprint density at radius 3 is 2.95 bits per heavy atom. The highest BCUT2D eigenvalue weighted by molar-refractivity contribution is 5.65. The predicted octanol–water partition coefficient (Wildman–Crippen LogP) is 2.38. The van der Waals surface area contributed by atoms with Crippen molar-refractivity contribution in [1.82, 2.24) is 0 Å². The van der Waals surface area contributed by atoms with Crippen LogP contribution in [-0.4, -0.2) is 36.3 Å². The first-order valence-corrected chi connectivity index (χ1v) is 7.00. The summed E-state index contributed by atoms with van der Waals surface area (Å²) in [7, 11) is 1.76. The van der Waals surface area contributed by atoms with Crippen molar-refractivity contribution in [1.29, 1.82) is 0 Å². The Labute approximate surface area is 118 Å². The fourth-order valence-corrected chi connectivity index (χ4v) is 2.81. The molecule has 0 amide bonds. The molecule has 2 N–H and O–H groups in total. The van der Waals surface area contributed by atoms with Crippen molar-refractivity contribution in [2.75, 3.05) is 30.4 Å². The Morgan fingerprint density at radius 2 is 2.30 bits per heavy atom. The number of aliphatic hydroxyl groups is 1. The molecule has 0 bridgehead atoms. The van der Waals surface area contributed by atoms with E-state index in [-0.39, 0.29) is 17.2 Å². The van der Waals surface area contributed by atoms with Crippen LogP contribution in [0.1, 0.15) is 25.7 Å². The van der Waals surface area contributed by atoms with E-state index in [0.717, 1.165) is 43.6 Å². The van der Waals surface area contributed by atoms with Crippen LogP contribution in [0, 0.1) is 10.1 Å². The van der Waals surface area contributed by atoms with Crippen LogP contribution in [-0.2, 0) is 0 Å². The molecular formula is C14H21N3O3. The van der Waals surface area contributed by atoms with Crippen LogP contribution in [0.25, 0.3) is 0 Å². The summed E-state index contributed by atoms with van der Waals surface area (Å²) in [4.78, 5) is 12.9. The van der Waals surface area contributed by atoms with Gasteiger partial charge >= 0.3 is 0 Å². The van der Waals surface area contributed by atoms with Crippen LogP contribution < -0.4 is 10.2 Å². The summed E-state index contributed by atoms with van der Waals surface area (Å²) >= 11 is 0. The third-order valence-corrected chi connectivity index (χ3v) is 3.81. The summed E-state index contributed by atoms with van der Waals surface area (Å²) in [6.45, 7) is 1.11. The highest BCUT2D eigenvalue weighted by atomic mass is 16.6. The number of nitro groups is 1. The molecule has 1 aliphatic heterocycles. The molecule has 0 saturated carbocycles. The molecule has 0 spiro atoms. The van der Waals surface area contributed by atoms with Gasteiger partial charge in [0.15, 0.2) is 0 Å². The van der Waals surface area contributed by atoms with Gasteiger partial charge in [-0.15, -0.1) is 0 Å². The van der Waals surface area contributed by atoms with E-state index >= 15 is 0 Å². The maximum absolute atomic E-state index is 11.0. The third kappa shape index (κ3) is 3.19. The number of aliphatic hydroxyl groups excluding tert-OH is 1. The second-order valence-corrected chi connectivity index (χ2v) is 5.10. The molecule has 1 aromatic carbocycles. The lowest BCUT2D eigenvalue weighted by atomic mass is 10.1. The average Bonchev–Trinajstić information content (AvgIpc) is 2.92. The maximum atomic E-state index is 11.0. The second kappa shape index (κ2) is 6.56. The number of hydrogen-bond acceptors (Lipinski definition) is 5. The lowest BCUT2D eigenvalue weighted by molar-refractivity contribution is -0.384. The summed E-state index contributed by atoms with van der Waals surface area (Å²) in [6.07, 6.45) is 3.87. The Balaban J connectivity index is 2.26. The molecule has 0 radical (unpaired) electrons. The Kier molecular flexibility index (Phi) is 4.79. The number of rotatable bonds is 6. The standard InChI is InChI=1S/C14H21N3O3/c1-15-11-8-13(10-14(9-11)17(19)20)16-6-2-4-12(16)5-3-7-18/h8-10,12,15,18H,2-7H2,1H3. The smallest absolute Gasteiger partial charge is 0.273 e. The molecule has 1 unspecified atom stereocenters. The lowest BCUT2D eigenvalue weighted by Crippen LogP contribution is -2.29. The molecule has 1 heterocycles. The summed E-state index contributed by atoms with van der Waals surface area (Å²) in [5, 5.41) is 23.0. The van der Waals surface area contributed by atoms with E-state index in [1.807, 2.05) is 6.07 Å². The Bertz CT molecular complexity index is 479. The van der Waals surface area contributed by atoms with E-state index in [4.69, 9.17) is 5.11 Å². The molecule has 0 aliphatic carbocycles. The van der Waals surface area contributed by atoms with Crippen molar-refractivity contribution in [3.63, 3.8) is 0 Å². The van der Waals surface area contributed by atoms with Crippen molar-refractivity contribution in [3.05, 3.63) is 28.3 Å². The van der Waals surface area contributed by atoms with Crippen LogP contribution in [0.15, 0.2) is 18.2 Å². The minimum Gasteiger partial charge on any atom is -0.396 e. The van der Waals surface area contributed by atoms with Gasteiger partial charge in [-0.1, -0.05) is 0 Å². The van der Waals surface area contributed by atoms with Crippen molar-refractivity contribution in [2.45, 2.75) is 31.7 Å². The maximum Gasteiger partial charge on any atom is 0.273 e. The largest absolute Gasteiger partial charge is 0.396 e. The fourth-order valence-electron chi connectivity index (χ4n) is 2.81. The minimum atomic E-state index is -0.358. The SMILES string of the molecule is CNc1cc(N2CCCC2CCCO)cc([N+](=O)[O-])c1. The number of nitro benzene ring substituents is 1. The van der Waals surface area contributed by atoms with E-state index in [0.29, 0.717) is 6.04 Å². The number of hydrogen-bond donors (Lipinski definition) is 2. The van der Waals surface area contributed by atoms with Crippen LogP contribution in [0.2, 0.25) is 0 Å². The highest BCUT2D eigenvalue weighted by Gasteiger charge is 2.25. The number of anilines is 2. The highest BCUT2D eigenvalue weighted by Crippen LogP contribution is 2.33. The number of nitrogens with zero attached hydrogens (tertiary/aromatic N) is 2. The first kappa shape index (κ1) is 14.6. The van der Waals surface area contributed by atoms with Gasteiger partial charge in [0.05, 0.1) is 4.92 Å². The average molecular weight is 279 g/mol. The molecule has 1 aromatic rings. The van der Waals surface area contributed by atoms with Crippen molar-refractivity contribution >= 4 is 17.1 Å². The van der Waals surface area contributed by atoms with Gasteiger partial charge in [0.1, 0.15) is 0 Å². The van der Waals surface area contributed by atoms with Crippen LogP contribution in [0.5, 0.6) is 0 Å². The molecule has 1 fully saturated rings. The first-order chi connectivity index (χ1) is 9.65. The zero-order valence-corrected chi connectivity index (χ0v) is 11.7. The quantitative estimate of drug-likeness (QED) is 0.617. The number of non-ortho nitro benzene ring substituents is 1. The van der Waals surface area contributed by atoms with Gasteiger partial charge in [0.2, 0.25) is 0 Å². The number of nitrogens with one attached hydrogen (secondary N) is 1. The van der Waals surface area contributed by atoms with Crippen LogP contribution in [0.4, 0.5) is 17.1 Å². The molecular weight excluding hydrogens is 258 g/mol. The first-order valence-electron chi connectivity index (χ1n) is 7.00. The predicted molar refractivity (Wildman–Crippen MR) is 79.3 cm³/mol. The molecule has 110 valence electrons. The molecule has 6 nitrogen and oxygen atoms in total. The van der Waals surface area contributed by atoms with Crippen LogP contribution in [0.3, 0.4) is 0 Å². The van der Waals surface area contributed by atoms with Crippen molar-refractivity contribution in [2.24, 2.45) is 0 Å². The molecule has 1 atom stereocenters. The summed E-state index contributed by atoms with van der Waals surface area (Å²) in [6, 6.07) is 5.50. The van der Waals surface area contributed by atoms with Gasteiger partial charge in [0, 0.05) is 49.7 Å². The van der Waals surface area contributed by atoms with Gasteiger partial charge in [0.25, 0.3) is 5.69 Å². The molecule has 20 heavy (non-hydrogen) atoms. The summed E-state index contributed by atoms with van der Waals surface area (Å²) in [5.74, 6) is 0. The van der Waals surface area contributed by atoms with Crippen LogP contribution >= 0.6 is 0 Å². The second-order valence-electron chi connectivity index (χ2n) is 5.10. The van der Waals surface area contributed by atoms with E-state index in [9.17, 15) is 10.1 Å². The molecule has 1 saturated heterocycles. The monoisotopic (exact) mass is 279 g/mol. The lowest BCUT2D eigenvalue weighted by Gasteiger charge is -2.27. The van der Waals surface area contributed by atoms with Gasteiger partial charge in [-0.2, -0.15) is 0 Å². The Morgan fingerprint density at radius 1 is 1.50 bits per heavy atom. The minimum absolute atomic E-state index is 0.111. The molecule has 1 aliphatic rings. The zero-order chi connectivity index (χ0) is 14.5. The Hall–Kier alpha value is -1.82. The van der Waals surface area contributed by atoms with E-state index < -0.39 is 0 Å². The molecule has 0 aromatic heterocycles. The summed E-state index contributed by atoms with van der Waals surface area (Å²) < 4.78 is 0.